The minimum Gasteiger partial charge on any atom is -0.315 e. The van der Waals surface area contributed by atoms with Crippen LogP contribution in [0.1, 0.15) is 29.0 Å². The summed E-state index contributed by atoms with van der Waals surface area (Å²) in [6.45, 7) is 4.26. The lowest BCUT2D eigenvalue weighted by Gasteiger charge is -2.12. The molecule has 2 heteroatoms. The molecule has 0 aliphatic carbocycles. The van der Waals surface area contributed by atoms with Gasteiger partial charge in [0.1, 0.15) is 0 Å². The molecule has 0 saturated heterocycles. The van der Waals surface area contributed by atoms with Gasteiger partial charge in [-0.15, -0.1) is 11.8 Å². The van der Waals surface area contributed by atoms with E-state index in [9.17, 15) is 0 Å². The van der Waals surface area contributed by atoms with E-state index in [1.54, 1.807) is 11.8 Å². The molecule has 0 heterocycles. The van der Waals surface area contributed by atoms with Crippen molar-refractivity contribution in [3.05, 3.63) is 65.2 Å². The molecule has 0 bridgehead atoms. The molecule has 2 rings (SSSR count). The second kappa shape index (κ2) is 6.07. The molecule has 94 valence electrons. The lowest BCUT2D eigenvalue weighted by molar-refractivity contribution is 1.02. The molecule has 1 nitrogen and oxygen atoms in total. The zero-order valence-electron chi connectivity index (χ0n) is 10.9. The monoisotopic (exact) mass is 257 g/mol. The minimum atomic E-state index is -0.00128. The van der Waals surface area contributed by atoms with Gasteiger partial charge in [-0.3, -0.25) is 0 Å². The van der Waals surface area contributed by atoms with Gasteiger partial charge in [-0.2, -0.15) is 0 Å². The predicted molar refractivity (Wildman–Crippen MR) is 79.8 cm³/mol. The van der Waals surface area contributed by atoms with Crippen LogP contribution in [0.15, 0.2) is 53.4 Å². The highest BCUT2D eigenvalue weighted by molar-refractivity contribution is 7.99. The summed E-state index contributed by atoms with van der Waals surface area (Å²) >= 11 is 1.70. The topological polar surface area (TPSA) is 26.0 Å². The van der Waals surface area contributed by atoms with E-state index in [0.717, 1.165) is 6.42 Å². The first-order valence-corrected chi connectivity index (χ1v) is 7.14. The normalized spacial score (nSPS) is 12.4. The van der Waals surface area contributed by atoms with Crippen molar-refractivity contribution in [1.82, 2.24) is 0 Å². The van der Waals surface area contributed by atoms with Gasteiger partial charge in [-0.1, -0.05) is 48.9 Å². The molecule has 0 fully saturated rings. The molecule has 0 saturated carbocycles. The van der Waals surface area contributed by atoms with Crippen LogP contribution in [0.3, 0.4) is 0 Å². The number of hydrogen-bond acceptors (Lipinski definition) is 2. The molecule has 0 amide bonds. The fraction of sp³-hybridized carbons (Fsp3) is 0.250. The third-order valence-electron chi connectivity index (χ3n) is 3.00. The third-order valence-corrected chi connectivity index (χ3v) is 4.07. The molecule has 2 N–H and O–H groups in total. The second-order valence-electron chi connectivity index (χ2n) is 4.45. The Balaban J connectivity index is 2.06. The van der Waals surface area contributed by atoms with Crippen LogP contribution in [0.5, 0.6) is 0 Å². The lowest BCUT2D eigenvalue weighted by Crippen LogP contribution is -2.05. The van der Waals surface area contributed by atoms with E-state index < -0.39 is 0 Å². The highest BCUT2D eigenvalue weighted by atomic mass is 32.2. The van der Waals surface area contributed by atoms with Crippen LogP contribution in [-0.4, -0.2) is 0 Å². The molecular weight excluding hydrogens is 238 g/mol. The van der Waals surface area contributed by atoms with E-state index in [1.165, 1.54) is 21.6 Å². The van der Waals surface area contributed by atoms with E-state index in [2.05, 4.69) is 62.4 Å². The van der Waals surface area contributed by atoms with Crippen molar-refractivity contribution in [2.75, 3.05) is 0 Å². The minimum absolute atomic E-state index is 0.00128. The van der Waals surface area contributed by atoms with E-state index >= 15 is 0 Å². The fourth-order valence-corrected chi connectivity index (χ4v) is 2.65. The van der Waals surface area contributed by atoms with Crippen LogP contribution in [-0.2, 0) is 6.42 Å². The first-order chi connectivity index (χ1) is 8.69. The first kappa shape index (κ1) is 13.2. The van der Waals surface area contributed by atoms with Gasteiger partial charge in [-0.05, 0) is 36.6 Å². The smallest absolute Gasteiger partial charge is 0.0811 e. The maximum absolute atomic E-state index is 6.22. The SMILES string of the molecule is CCc1ccc(C(N)Sc2ccc(C)cc2)cc1. The van der Waals surface area contributed by atoms with Crippen molar-refractivity contribution in [3.63, 3.8) is 0 Å². The van der Waals surface area contributed by atoms with Gasteiger partial charge in [0, 0.05) is 4.90 Å². The summed E-state index contributed by atoms with van der Waals surface area (Å²) < 4.78 is 0. The van der Waals surface area contributed by atoms with Crippen molar-refractivity contribution < 1.29 is 0 Å². The fourth-order valence-electron chi connectivity index (χ4n) is 1.77. The molecule has 18 heavy (non-hydrogen) atoms. The molecule has 1 unspecified atom stereocenters. The van der Waals surface area contributed by atoms with Crippen LogP contribution in [0.25, 0.3) is 0 Å². The summed E-state index contributed by atoms with van der Waals surface area (Å²) in [5, 5.41) is -0.00128. The Morgan fingerprint density at radius 3 is 2.17 bits per heavy atom. The molecule has 0 radical (unpaired) electrons. The largest absolute Gasteiger partial charge is 0.315 e. The summed E-state index contributed by atoms with van der Waals surface area (Å²) in [5.41, 5.74) is 10.0. The quantitative estimate of drug-likeness (QED) is 0.652. The molecule has 2 aromatic carbocycles. The maximum Gasteiger partial charge on any atom is 0.0811 e. The van der Waals surface area contributed by atoms with Gasteiger partial charge < -0.3 is 5.73 Å². The molecular formula is C16H19NS. The molecule has 2 aromatic rings. The van der Waals surface area contributed by atoms with Gasteiger partial charge in [0.05, 0.1) is 5.37 Å². The Labute approximate surface area is 113 Å². The van der Waals surface area contributed by atoms with Gasteiger partial charge in [0.25, 0.3) is 0 Å². The summed E-state index contributed by atoms with van der Waals surface area (Å²) in [7, 11) is 0. The van der Waals surface area contributed by atoms with Crippen LogP contribution in [0, 0.1) is 6.92 Å². The highest BCUT2D eigenvalue weighted by Gasteiger charge is 2.07. The van der Waals surface area contributed by atoms with Gasteiger partial charge >= 0.3 is 0 Å². The summed E-state index contributed by atoms with van der Waals surface area (Å²) in [6, 6.07) is 17.1. The summed E-state index contributed by atoms with van der Waals surface area (Å²) in [6.07, 6.45) is 1.07. The average Bonchev–Trinajstić information content (AvgIpc) is 2.41. The van der Waals surface area contributed by atoms with E-state index in [1.807, 2.05) is 0 Å². The van der Waals surface area contributed by atoms with Crippen molar-refractivity contribution in [3.8, 4) is 0 Å². The number of hydrogen-bond donors (Lipinski definition) is 1. The third kappa shape index (κ3) is 3.37. The molecule has 0 aromatic heterocycles. The highest BCUT2D eigenvalue weighted by Crippen LogP contribution is 2.31. The maximum atomic E-state index is 6.22. The van der Waals surface area contributed by atoms with Crippen LogP contribution in [0.4, 0.5) is 0 Å². The van der Waals surface area contributed by atoms with Crippen molar-refractivity contribution in [2.45, 2.75) is 30.5 Å². The molecule has 0 spiro atoms. The van der Waals surface area contributed by atoms with Gasteiger partial charge in [-0.25, -0.2) is 0 Å². The van der Waals surface area contributed by atoms with Crippen LogP contribution >= 0.6 is 11.8 Å². The van der Waals surface area contributed by atoms with Gasteiger partial charge in [0.2, 0.25) is 0 Å². The van der Waals surface area contributed by atoms with Crippen molar-refractivity contribution >= 4 is 11.8 Å². The van der Waals surface area contributed by atoms with Crippen LogP contribution in [0.2, 0.25) is 0 Å². The molecule has 0 aliphatic rings. The Morgan fingerprint density at radius 2 is 1.61 bits per heavy atom. The zero-order chi connectivity index (χ0) is 13.0. The van der Waals surface area contributed by atoms with Crippen molar-refractivity contribution in [2.24, 2.45) is 5.73 Å². The van der Waals surface area contributed by atoms with Gasteiger partial charge in [0.15, 0.2) is 0 Å². The Morgan fingerprint density at radius 1 is 1.00 bits per heavy atom. The number of nitrogens with two attached hydrogens (primary N) is 1. The van der Waals surface area contributed by atoms with E-state index in [4.69, 9.17) is 5.73 Å². The Bertz CT molecular complexity index is 488. The summed E-state index contributed by atoms with van der Waals surface area (Å²) in [4.78, 5) is 1.22. The number of aryl methyl sites for hydroxylation is 2. The predicted octanol–water partition coefficient (Wildman–Crippen LogP) is 4.31. The van der Waals surface area contributed by atoms with Crippen molar-refractivity contribution in [1.29, 1.82) is 0 Å². The first-order valence-electron chi connectivity index (χ1n) is 6.27. The number of benzene rings is 2. The molecule has 1 atom stereocenters. The average molecular weight is 257 g/mol. The Hall–Kier alpha value is -1.25. The number of thioether (sulfide) groups is 1. The number of rotatable bonds is 4. The Kier molecular flexibility index (Phi) is 4.45. The lowest BCUT2D eigenvalue weighted by atomic mass is 10.1. The second-order valence-corrected chi connectivity index (χ2v) is 5.66. The van der Waals surface area contributed by atoms with E-state index in [0.29, 0.717) is 0 Å². The summed E-state index contributed by atoms with van der Waals surface area (Å²) in [5.74, 6) is 0. The molecule has 0 aliphatic heterocycles. The van der Waals surface area contributed by atoms with E-state index in [-0.39, 0.29) is 5.37 Å². The zero-order valence-corrected chi connectivity index (χ0v) is 11.7. The standard InChI is InChI=1S/C16H19NS/c1-3-13-6-8-14(9-7-13)16(17)18-15-10-4-12(2)5-11-15/h4-11,16H,3,17H2,1-2H3. The van der Waals surface area contributed by atoms with Crippen LogP contribution < -0.4 is 5.73 Å².